The number of carbonyl (C=O) groups excluding carboxylic acids is 1. The van der Waals surface area contributed by atoms with Crippen LogP contribution < -0.4 is 5.73 Å². The number of carbonyl (C=O) groups is 1. The number of nitrogens with zero attached hydrogens (tertiary/aromatic N) is 1. The standard InChI is InChI=1S/C19H18Cl2N2O2/c1-11-6-12(4-5-16(11)18(22)24)17-10-19(2,25-23(17)3)13-7-14(20)9-15(21)8-13/h4-10H,1-3H3,(H2,22,24). The van der Waals surface area contributed by atoms with Gasteiger partial charge in [-0.1, -0.05) is 29.3 Å². The maximum atomic E-state index is 11.4. The quantitative estimate of drug-likeness (QED) is 0.855. The fourth-order valence-corrected chi connectivity index (χ4v) is 3.58. The number of rotatable bonds is 3. The third-order valence-electron chi connectivity index (χ3n) is 4.30. The third-order valence-corrected chi connectivity index (χ3v) is 4.74. The molecular formula is C19H18Cl2N2O2. The van der Waals surface area contributed by atoms with E-state index in [0.29, 0.717) is 15.6 Å². The number of amides is 1. The van der Waals surface area contributed by atoms with Crippen LogP contribution in [-0.2, 0) is 10.4 Å². The molecule has 3 rings (SSSR count). The zero-order valence-electron chi connectivity index (χ0n) is 14.1. The van der Waals surface area contributed by atoms with Gasteiger partial charge in [0.2, 0.25) is 5.91 Å². The fraction of sp³-hybridized carbons (Fsp3) is 0.211. The van der Waals surface area contributed by atoms with Crippen molar-refractivity contribution in [2.24, 2.45) is 5.73 Å². The molecule has 1 aliphatic rings. The molecule has 2 aromatic rings. The zero-order chi connectivity index (χ0) is 18.4. The average Bonchev–Trinajstić information content (AvgIpc) is 2.82. The molecule has 0 bridgehead atoms. The second-order valence-corrected chi connectivity index (χ2v) is 7.15. The van der Waals surface area contributed by atoms with Gasteiger partial charge in [0.05, 0.1) is 5.70 Å². The van der Waals surface area contributed by atoms with E-state index < -0.39 is 11.5 Å². The number of hydrogen-bond acceptors (Lipinski definition) is 3. The minimum Gasteiger partial charge on any atom is -0.366 e. The van der Waals surface area contributed by atoms with Crippen molar-refractivity contribution in [3.63, 3.8) is 0 Å². The lowest BCUT2D eigenvalue weighted by Gasteiger charge is -2.25. The summed E-state index contributed by atoms with van der Waals surface area (Å²) in [6.45, 7) is 3.80. The van der Waals surface area contributed by atoms with Crippen LogP contribution in [0.3, 0.4) is 0 Å². The van der Waals surface area contributed by atoms with Crippen LogP contribution in [0.25, 0.3) is 5.70 Å². The largest absolute Gasteiger partial charge is 0.366 e. The van der Waals surface area contributed by atoms with Gasteiger partial charge >= 0.3 is 0 Å². The molecule has 0 fully saturated rings. The van der Waals surface area contributed by atoms with Crippen molar-refractivity contribution in [3.05, 3.63) is 74.8 Å². The Hall–Kier alpha value is -2.01. The van der Waals surface area contributed by atoms with E-state index in [9.17, 15) is 4.79 Å². The molecule has 0 aromatic heterocycles. The van der Waals surface area contributed by atoms with Gasteiger partial charge in [0, 0.05) is 28.2 Å². The van der Waals surface area contributed by atoms with Crippen molar-refractivity contribution in [3.8, 4) is 0 Å². The monoisotopic (exact) mass is 376 g/mol. The van der Waals surface area contributed by atoms with Crippen molar-refractivity contribution in [1.82, 2.24) is 5.06 Å². The highest BCUT2D eigenvalue weighted by atomic mass is 35.5. The molecule has 0 saturated carbocycles. The lowest BCUT2D eigenvalue weighted by atomic mass is 9.94. The van der Waals surface area contributed by atoms with Crippen molar-refractivity contribution in [1.29, 1.82) is 0 Å². The highest BCUT2D eigenvalue weighted by Gasteiger charge is 2.36. The Kier molecular flexibility index (Phi) is 4.54. The van der Waals surface area contributed by atoms with Gasteiger partial charge in [0.25, 0.3) is 0 Å². The van der Waals surface area contributed by atoms with Crippen LogP contribution in [0, 0.1) is 6.92 Å². The van der Waals surface area contributed by atoms with E-state index in [2.05, 4.69) is 0 Å². The molecule has 1 atom stereocenters. The molecule has 0 spiro atoms. The van der Waals surface area contributed by atoms with Gasteiger partial charge in [0.1, 0.15) is 5.60 Å². The maximum absolute atomic E-state index is 11.4. The van der Waals surface area contributed by atoms with E-state index in [0.717, 1.165) is 22.4 Å². The molecule has 1 heterocycles. The minimum atomic E-state index is -0.700. The summed E-state index contributed by atoms with van der Waals surface area (Å²) in [4.78, 5) is 17.5. The van der Waals surface area contributed by atoms with E-state index in [4.69, 9.17) is 33.8 Å². The van der Waals surface area contributed by atoms with Crippen LogP contribution >= 0.6 is 23.2 Å². The molecule has 2 N–H and O–H groups in total. The predicted octanol–water partition coefficient (Wildman–Crippen LogP) is 4.53. The van der Waals surface area contributed by atoms with Crippen LogP contribution in [0.1, 0.15) is 34.0 Å². The number of hydrogen-bond donors (Lipinski definition) is 1. The van der Waals surface area contributed by atoms with Gasteiger partial charge in [-0.3, -0.25) is 14.7 Å². The normalized spacial score (nSPS) is 19.9. The highest BCUT2D eigenvalue weighted by molar-refractivity contribution is 6.34. The number of primary amides is 1. The van der Waals surface area contributed by atoms with Gasteiger partial charge in [-0.15, -0.1) is 0 Å². The summed E-state index contributed by atoms with van der Waals surface area (Å²) in [7, 11) is 1.83. The number of benzene rings is 2. The second kappa shape index (κ2) is 6.37. The summed E-state index contributed by atoms with van der Waals surface area (Å²) in [5, 5.41) is 2.81. The highest BCUT2D eigenvalue weighted by Crippen LogP contribution is 2.41. The zero-order valence-corrected chi connectivity index (χ0v) is 15.7. The van der Waals surface area contributed by atoms with Crippen LogP contribution in [0.5, 0.6) is 0 Å². The first-order chi connectivity index (χ1) is 11.7. The fourth-order valence-electron chi connectivity index (χ4n) is 3.05. The smallest absolute Gasteiger partial charge is 0.248 e. The van der Waals surface area contributed by atoms with Gasteiger partial charge in [-0.25, -0.2) is 0 Å². The molecule has 4 nitrogen and oxygen atoms in total. The van der Waals surface area contributed by atoms with Gasteiger partial charge in [-0.05, 0) is 61.4 Å². The topological polar surface area (TPSA) is 55.6 Å². The molecule has 25 heavy (non-hydrogen) atoms. The predicted molar refractivity (Wildman–Crippen MR) is 100 cm³/mol. The van der Waals surface area contributed by atoms with E-state index in [-0.39, 0.29) is 0 Å². The average molecular weight is 377 g/mol. The SMILES string of the molecule is Cc1cc(C2=CC(C)(c3cc(Cl)cc(Cl)c3)ON2C)ccc1C(N)=O. The molecule has 1 aliphatic heterocycles. The van der Waals surface area contributed by atoms with Gasteiger partial charge < -0.3 is 5.73 Å². The first-order valence-electron chi connectivity index (χ1n) is 7.73. The third kappa shape index (κ3) is 3.38. The molecule has 2 aromatic carbocycles. The summed E-state index contributed by atoms with van der Waals surface area (Å²) >= 11 is 12.3. The van der Waals surface area contributed by atoms with Crippen molar-refractivity contribution >= 4 is 34.8 Å². The van der Waals surface area contributed by atoms with E-state index in [1.807, 2.05) is 51.2 Å². The lowest BCUT2D eigenvalue weighted by Crippen LogP contribution is -2.24. The Balaban J connectivity index is 2.04. The lowest BCUT2D eigenvalue weighted by molar-refractivity contribution is -0.155. The first kappa shape index (κ1) is 17.8. The summed E-state index contributed by atoms with van der Waals surface area (Å²) in [6.07, 6.45) is 2.01. The van der Waals surface area contributed by atoms with Crippen LogP contribution in [0.2, 0.25) is 10.0 Å². The molecule has 0 radical (unpaired) electrons. The summed E-state index contributed by atoms with van der Waals surface area (Å²) < 4.78 is 0. The molecule has 1 unspecified atom stereocenters. The maximum Gasteiger partial charge on any atom is 0.248 e. The second-order valence-electron chi connectivity index (χ2n) is 6.28. The minimum absolute atomic E-state index is 0.438. The van der Waals surface area contributed by atoms with Crippen molar-refractivity contribution < 1.29 is 9.63 Å². The molecular weight excluding hydrogens is 359 g/mol. The summed E-state index contributed by atoms with van der Waals surface area (Å²) in [5.41, 5.74) is 8.69. The molecule has 0 saturated heterocycles. The summed E-state index contributed by atoms with van der Waals surface area (Å²) in [6, 6.07) is 10.9. The Morgan fingerprint density at radius 3 is 2.36 bits per heavy atom. The number of nitrogens with two attached hydrogens (primary N) is 1. The Bertz CT molecular complexity index is 875. The van der Waals surface area contributed by atoms with Crippen molar-refractivity contribution in [2.75, 3.05) is 7.05 Å². The Morgan fingerprint density at radius 2 is 1.80 bits per heavy atom. The van der Waals surface area contributed by atoms with E-state index in [1.54, 1.807) is 17.2 Å². The van der Waals surface area contributed by atoms with E-state index >= 15 is 0 Å². The van der Waals surface area contributed by atoms with E-state index in [1.165, 1.54) is 0 Å². The molecule has 1 amide bonds. The van der Waals surface area contributed by atoms with Crippen LogP contribution in [-0.4, -0.2) is 18.0 Å². The van der Waals surface area contributed by atoms with Crippen LogP contribution in [0.15, 0.2) is 42.5 Å². The summed E-state index contributed by atoms with van der Waals surface area (Å²) in [5.74, 6) is -0.438. The number of hydroxylamine groups is 2. The Morgan fingerprint density at radius 1 is 1.16 bits per heavy atom. The van der Waals surface area contributed by atoms with Crippen molar-refractivity contribution in [2.45, 2.75) is 19.4 Å². The first-order valence-corrected chi connectivity index (χ1v) is 8.48. The van der Waals surface area contributed by atoms with Gasteiger partial charge in [-0.2, -0.15) is 0 Å². The number of halogens is 2. The Labute approximate surface area is 156 Å². The molecule has 0 aliphatic carbocycles. The van der Waals surface area contributed by atoms with Crippen LogP contribution in [0.4, 0.5) is 0 Å². The van der Waals surface area contributed by atoms with Gasteiger partial charge in [0.15, 0.2) is 0 Å². The molecule has 6 heteroatoms. The molecule has 130 valence electrons. The number of aryl methyl sites for hydroxylation is 1.